The van der Waals surface area contributed by atoms with Gasteiger partial charge in [-0.1, -0.05) is 0 Å². The Morgan fingerprint density at radius 2 is 2.36 bits per heavy atom. The molecule has 0 radical (unpaired) electrons. The predicted molar refractivity (Wildman–Crippen MR) is 32.5 cm³/mol. The van der Waals surface area contributed by atoms with Crippen molar-refractivity contribution in [3.8, 4) is 0 Å². The lowest BCUT2D eigenvalue weighted by Crippen LogP contribution is -2.49. The van der Waals surface area contributed by atoms with Gasteiger partial charge in [-0.2, -0.15) is 5.90 Å². The van der Waals surface area contributed by atoms with Gasteiger partial charge in [0.15, 0.2) is 0 Å². The van der Waals surface area contributed by atoms with E-state index < -0.39 is 17.7 Å². The second kappa shape index (κ2) is 2.48. The predicted octanol–water partition coefficient (Wildman–Crippen LogP) is -1.60. The summed E-state index contributed by atoms with van der Waals surface area (Å²) in [5, 5.41) is 0. The molecule has 1 heterocycles. The molecular formula is C5H8N2O4. The molecule has 0 unspecified atom stereocenters. The third kappa shape index (κ3) is 1.31. The molecule has 0 aromatic heterocycles. The average Bonchev–Trinajstić information content (AvgIpc) is 2.31. The molecule has 0 aromatic carbocycles. The molecule has 1 rings (SSSR count). The molecule has 1 atom stereocenters. The van der Waals surface area contributed by atoms with E-state index in [4.69, 9.17) is 5.73 Å². The zero-order valence-electron chi connectivity index (χ0n) is 5.70. The standard InChI is InChI=1S/C5H8N2O4/c6-5(4(9)11-7)2-1-3(8)10-5/h1-2,6-7H2/t5-/m0/s1. The molecule has 0 spiro atoms. The first-order valence-corrected chi connectivity index (χ1v) is 3.00. The smallest absolute Gasteiger partial charge is 0.384 e. The van der Waals surface area contributed by atoms with Crippen LogP contribution >= 0.6 is 0 Å². The third-order valence-corrected chi connectivity index (χ3v) is 1.45. The third-order valence-electron chi connectivity index (χ3n) is 1.45. The maximum absolute atomic E-state index is 10.7. The van der Waals surface area contributed by atoms with Crippen LogP contribution in [0.3, 0.4) is 0 Å². The second-order valence-electron chi connectivity index (χ2n) is 2.27. The van der Waals surface area contributed by atoms with Gasteiger partial charge in [0.1, 0.15) is 0 Å². The Bertz CT molecular complexity index is 205. The summed E-state index contributed by atoms with van der Waals surface area (Å²) in [6, 6.07) is 0. The van der Waals surface area contributed by atoms with Crippen molar-refractivity contribution in [3.05, 3.63) is 0 Å². The van der Waals surface area contributed by atoms with Crippen molar-refractivity contribution in [1.29, 1.82) is 0 Å². The van der Waals surface area contributed by atoms with E-state index in [2.05, 4.69) is 15.5 Å². The van der Waals surface area contributed by atoms with Gasteiger partial charge in [0.25, 0.3) is 5.72 Å². The van der Waals surface area contributed by atoms with E-state index in [1.54, 1.807) is 0 Å². The fourth-order valence-corrected chi connectivity index (χ4v) is 0.836. The zero-order valence-corrected chi connectivity index (χ0v) is 5.70. The van der Waals surface area contributed by atoms with Crippen molar-refractivity contribution >= 4 is 11.9 Å². The first-order chi connectivity index (χ1) is 5.08. The van der Waals surface area contributed by atoms with E-state index in [9.17, 15) is 9.59 Å². The Balaban J connectivity index is 2.69. The summed E-state index contributed by atoms with van der Waals surface area (Å²) >= 11 is 0. The summed E-state index contributed by atoms with van der Waals surface area (Å²) < 4.78 is 4.49. The van der Waals surface area contributed by atoms with Crippen LogP contribution in [0.25, 0.3) is 0 Å². The minimum atomic E-state index is -1.66. The minimum Gasteiger partial charge on any atom is -0.432 e. The van der Waals surface area contributed by atoms with Crippen molar-refractivity contribution in [1.82, 2.24) is 0 Å². The van der Waals surface area contributed by atoms with Gasteiger partial charge in [-0.25, -0.2) is 4.79 Å². The van der Waals surface area contributed by atoms with Crippen LogP contribution < -0.4 is 11.6 Å². The number of cyclic esters (lactones) is 1. The molecule has 4 N–H and O–H groups in total. The number of hydrogen-bond acceptors (Lipinski definition) is 6. The second-order valence-corrected chi connectivity index (χ2v) is 2.27. The number of carbonyl (C=O) groups excluding carboxylic acids is 2. The lowest BCUT2D eigenvalue weighted by Gasteiger charge is -2.17. The lowest BCUT2D eigenvalue weighted by molar-refractivity contribution is -0.174. The number of ether oxygens (including phenoxy) is 1. The Hall–Kier alpha value is -1.14. The Morgan fingerprint density at radius 1 is 1.73 bits per heavy atom. The highest BCUT2D eigenvalue weighted by Gasteiger charge is 2.45. The van der Waals surface area contributed by atoms with E-state index in [0.717, 1.165) is 0 Å². The molecule has 1 fully saturated rings. The van der Waals surface area contributed by atoms with Crippen LogP contribution in [0.15, 0.2) is 0 Å². The Morgan fingerprint density at radius 3 is 2.73 bits per heavy atom. The van der Waals surface area contributed by atoms with Gasteiger partial charge in [0.2, 0.25) is 0 Å². The SMILES string of the molecule is NOC(=O)[C@]1(N)CCC(=O)O1. The highest BCUT2D eigenvalue weighted by atomic mass is 16.7. The van der Waals surface area contributed by atoms with Crippen LogP contribution in [0, 0.1) is 0 Å². The van der Waals surface area contributed by atoms with E-state index in [0.29, 0.717) is 0 Å². The summed E-state index contributed by atoms with van der Waals surface area (Å²) in [5.41, 5.74) is 3.65. The number of esters is 1. The molecular weight excluding hydrogens is 152 g/mol. The van der Waals surface area contributed by atoms with Gasteiger partial charge in [0.05, 0.1) is 6.42 Å². The maximum atomic E-state index is 10.7. The summed E-state index contributed by atoms with van der Waals surface area (Å²) in [6.45, 7) is 0. The number of hydrogen-bond donors (Lipinski definition) is 2. The van der Waals surface area contributed by atoms with Crippen molar-refractivity contribution in [2.75, 3.05) is 0 Å². The molecule has 0 saturated carbocycles. The minimum absolute atomic E-state index is 0.113. The van der Waals surface area contributed by atoms with Gasteiger partial charge in [-0.3, -0.25) is 10.5 Å². The van der Waals surface area contributed by atoms with Crippen LogP contribution in [-0.2, 0) is 19.2 Å². The molecule has 1 aliphatic rings. The van der Waals surface area contributed by atoms with Crippen molar-refractivity contribution < 1.29 is 19.2 Å². The van der Waals surface area contributed by atoms with Gasteiger partial charge >= 0.3 is 11.9 Å². The highest BCUT2D eigenvalue weighted by Crippen LogP contribution is 2.21. The largest absolute Gasteiger partial charge is 0.432 e. The summed E-state index contributed by atoms with van der Waals surface area (Å²) in [6.07, 6.45) is 0.230. The molecule has 0 bridgehead atoms. The number of nitrogens with two attached hydrogens (primary N) is 2. The molecule has 6 heteroatoms. The van der Waals surface area contributed by atoms with Crippen molar-refractivity contribution in [2.24, 2.45) is 11.6 Å². The van der Waals surface area contributed by atoms with Crippen molar-refractivity contribution in [2.45, 2.75) is 18.6 Å². The molecule has 0 aromatic rings. The molecule has 11 heavy (non-hydrogen) atoms. The monoisotopic (exact) mass is 160 g/mol. The number of carbonyl (C=O) groups is 2. The van der Waals surface area contributed by atoms with Gasteiger partial charge < -0.3 is 9.57 Å². The van der Waals surface area contributed by atoms with Crippen LogP contribution in [0.1, 0.15) is 12.8 Å². The number of rotatable bonds is 1. The van der Waals surface area contributed by atoms with E-state index in [1.807, 2.05) is 0 Å². The Kier molecular flexibility index (Phi) is 1.79. The summed E-state index contributed by atoms with van der Waals surface area (Å²) in [5.74, 6) is 3.12. The van der Waals surface area contributed by atoms with E-state index in [-0.39, 0.29) is 12.8 Å². The molecule has 1 aliphatic heterocycles. The van der Waals surface area contributed by atoms with Crippen molar-refractivity contribution in [3.63, 3.8) is 0 Å². The normalized spacial score (nSPS) is 29.8. The maximum Gasteiger partial charge on any atom is 0.384 e. The van der Waals surface area contributed by atoms with Crippen LogP contribution in [0.5, 0.6) is 0 Å². The molecule has 1 saturated heterocycles. The van der Waals surface area contributed by atoms with Crippen LogP contribution in [0.4, 0.5) is 0 Å². The zero-order chi connectivity index (χ0) is 8.48. The highest BCUT2D eigenvalue weighted by molar-refractivity contribution is 5.85. The molecule has 62 valence electrons. The van der Waals surface area contributed by atoms with Gasteiger partial charge in [-0.05, 0) is 0 Å². The van der Waals surface area contributed by atoms with E-state index >= 15 is 0 Å². The van der Waals surface area contributed by atoms with Crippen LogP contribution in [0.2, 0.25) is 0 Å². The van der Waals surface area contributed by atoms with Gasteiger partial charge in [0, 0.05) is 6.42 Å². The van der Waals surface area contributed by atoms with E-state index in [1.165, 1.54) is 0 Å². The van der Waals surface area contributed by atoms with Crippen LogP contribution in [-0.4, -0.2) is 17.7 Å². The summed E-state index contributed by atoms with van der Waals surface area (Å²) in [7, 11) is 0. The first kappa shape index (κ1) is 7.96. The van der Waals surface area contributed by atoms with Gasteiger partial charge in [-0.15, -0.1) is 0 Å². The Labute approximate surface area is 62.4 Å². The average molecular weight is 160 g/mol. The fraction of sp³-hybridized carbons (Fsp3) is 0.600. The topological polar surface area (TPSA) is 105 Å². The molecule has 0 aliphatic carbocycles. The molecule has 0 amide bonds. The quantitative estimate of drug-likeness (QED) is 0.353. The lowest BCUT2D eigenvalue weighted by atomic mass is 10.1. The summed E-state index contributed by atoms with van der Waals surface area (Å²) in [4.78, 5) is 25.1. The molecule has 6 nitrogen and oxygen atoms in total. The fourth-order valence-electron chi connectivity index (χ4n) is 0.836. The first-order valence-electron chi connectivity index (χ1n) is 3.00.